The van der Waals surface area contributed by atoms with Gasteiger partial charge in [0.05, 0.1) is 0 Å². The molecule has 66 valence electrons. The maximum Gasteiger partial charge on any atom is 0.314 e. The summed E-state index contributed by atoms with van der Waals surface area (Å²) in [6.07, 6.45) is 2.67. The number of nitrogens with zero attached hydrogens (tertiary/aromatic N) is 1. The lowest BCUT2D eigenvalue weighted by Crippen LogP contribution is -2.33. The molecule has 0 saturated heterocycles. The van der Waals surface area contributed by atoms with Crippen LogP contribution in [0.15, 0.2) is 18.3 Å². The summed E-state index contributed by atoms with van der Waals surface area (Å²) in [7, 11) is 1.69. The molecular formula is C8H13N3O. The van der Waals surface area contributed by atoms with Gasteiger partial charge in [-0.25, -0.2) is 4.79 Å². The number of hydrogen-bond acceptors (Lipinski definition) is 1. The number of urea groups is 1. The molecule has 1 rings (SSSR count). The van der Waals surface area contributed by atoms with Gasteiger partial charge in [-0.15, -0.1) is 0 Å². The number of aromatic nitrogens is 1. The topological polar surface area (TPSA) is 62.1 Å². The fourth-order valence-electron chi connectivity index (χ4n) is 0.921. The number of primary amides is 1. The third-order valence-electron chi connectivity index (χ3n) is 1.76. The molecule has 0 bridgehead atoms. The Labute approximate surface area is 71.4 Å². The van der Waals surface area contributed by atoms with Crippen LogP contribution in [0.5, 0.6) is 0 Å². The van der Waals surface area contributed by atoms with Gasteiger partial charge < -0.3 is 15.6 Å². The van der Waals surface area contributed by atoms with E-state index in [0.717, 1.165) is 12.1 Å². The van der Waals surface area contributed by atoms with Crippen molar-refractivity contribution in [2.24, 2.45) is 5.73 Å². The zero-order valence-electron chi connectivity index (χ0n) is 7.08. The Morgan fingerprint density at radius 2 is 2.50 bits per heavy atom. The normalized spacial score (nSPS) is 9.75. The monoisotopic (exact) mass is 167 g/mol. The minimum atomic E-state index is -0.387. The van der Waals surface area contributed by atoms with Crippen molar-refractivity contribution in [2.45, 2.75) is 6.42 Å². The molecule has 0 aliphatic rings. The van der Waals surface area contributed by atoms with E-state index in [0.29, 0.717) is 6.54 Å². The van der Waals surface area contributed by atoms with E-state index in [4.69, 9.17) is 5.73 Å². The van der Waals surface area contributed by atoms with Crippen LogP contribution in [-0.4, -0.2) is 29.5 Å². The predicted molar refractivity (Wildman–Crippen MR) is 46.7 cm³/mol. The van der Waals surface area contributed by atoms with Crippen molar-refractivity contribution in [1.29, 1.82) is 0 Å². The first kappa shape index (κ1) is 8.64. The lowest BCUT2D eigenvalue weighted by atomic mass is 10.3. The second-order valence-corrected chi connectivity index (χ2v) is 2.71. The first-order valence-electron chi connectivity index (χ1n) is 3.83. The van der Waals surface area contributed by atoms with E-state index >= 15 is 0 Å². The highest BCUT2D eigenvalue weighted by atomic mass is 16.2. The van der Waals surface area contributed by atoms with Gasteiger partial charge in [-0.05, 0) is 12.1 Å². The van der Waals surface area contributed by atoms with Crippen LogP contribution in [0.3, 0.4) is 0 Å². The Bertz CT molecular complexity index is 243. The second-order valence-electron chi connectivity index (χ2n) is 2.71. The standard InChI is InChI=1S/C8H13N3O/c1-11(8(9)12)6-4-7-3-2-5-10-7/h2-3,5,10H,4,6H2,1H3,(H2,9,12). The van der Waals surface area contributed by atoms with Crippen LogP contribution in [0.4, 0.5) is 4.79 Å². The lowest BCUT2D eigenvalue weighted by molar-refractivity contribution is 0.219. The van der Waals surface area contributed by atoms with Gasteiger partial charge in [-0.2, -0.15) is 0 Å². The van der Waals surface area contributed by atoms with E-state index in [2.05, 4.69) is 4.98 Å². The zero-order chi connectivity index (χ0) is 8.97. The second kappa shape index (κ2) is 3.80. The molecule has 2 amide bonds. The zero-order valence-corrected chi connectivity index (χ0v) is 7.08. The molecular weight excluding hydrogens is 154 g/mol. The molecule has 0 unspecified atom stereocenters. The summed E-state index contributed by atoms with van der Waals surface area (Å²) < 4.78 is 0. The van der Waals surface area contributed by atoms with Gasteiger partial charge in [0.2, 0.25) is 0 Å². The molecule has 0 fully saturated rings. The van der Waals surface area contributed by atoms with Crippen molar-refractivity contribution in [3.8, 4) is 0 Å². The fraction of sp³-hybridized carbons (Fsp3) is 0.375. The highest BCUT2D eigenvalue weighted by Gasteiger charge is 2.02. The molecule has 12 heavy (non-hydrogen) atoms. The summed E-state index contributed by atoms with van der Waals surface area (Å²) in [5.74, 6) is 0. The number of amides is 2. The number of carbonyl (C=O) groups is 1. The van der Waals surface area contributed by atoms with Gasteiger partial charge in [-0.3, -0.25) is 0 Å². The first-order valence-corrected chi connectivity index (χ1v) is 3.83. The molecule has 0 aromatic carbocycles. The summed E-state index contributed by atoms with van der Waals surface area (Å²) in [6.45, 7) is 0.649. The van der Waals surface area contributed by atoms with Crippen LogP contribution in [0.2, 0.25) is 0 Å². The van der Waals surface area contributed by atoms with Crippen molar-refractivity contribution >= 4 is 6.03 Å². The summed E-state index contributed by atoms with van der Waals surface area (Å²) in [4.78, 5) is 15.1. The molecule has 1 aromatic rings. The molecule has 0 aliphatic heterocycles. The largest absolute Gasteiger partial charge is 0.365 e. The minimum Gasteiger partial charge on any atom is -0.365 e. The van der Waals surface area contributed by atoms with Crippen molar-refractivity contribution in [3.05, 3.63) is 24.0 Å². The Morgan fingerprint density at radius 3 is 3.00 bits per heavy atom. The number of nitrogens with one attached hydrogen (secondary N) is 1. The van der Waals surface area contributed by atoms with Crippen LogP contribution >= 0.6 is 0 Å². The van der Waals surface area contributed by atoms with Crippen molar-refractivity contribution < 1.29 is 4.79 Å². The molecule has 1 heterocycles. The molecule has 0 aliphatic carbocycles. The lowest BCUT2D eigenvalue weighted by Gasteiger charge is -2.12. The smallest absolute Gasteiger partial charge is 0.314 e. The van der Waals surface area contributed by atoms with E-state index in [1.54, 1.807) is 7.05 Å². The quantitative estimate of drug-likeness (QED) is 0.679. The molecule has 4 nitrogen and oxygen atoms in total. The molecule has 0 radical (unpaired) electrons. The number of H-pyrrole nitrogens is 1. The molecule has 4 heteroatoms. The van der Waals surface area contributed by atoms with E-state index < -0.39 is 0 Å². The Balaban J connectivity index is 2.31. The molecule has 1 aromatic heterocycles. The van der Waals surface area contributed by atoms with Crippen molar-refractivity contribution in [3.63, 3.8) is 0 Å². The maximum atomic E-state index is 10.6. The highest BCUT2D eigenvalue weighted by Crippen LogP contribution is 1.96. The number of rotatable bonds is 3. The number of aromatic amines is 1. The van der Waals surface area contributed by atoms with Gasteiger partial charge in [0.25, 0.3) is 0 Å². The number of nitrogens with two attached hydrogens (primary N) is 1. The van der Waals surface area contributed by atoms with Crippen LogP contribution in [-0.2, 0) is 6.42 Å². The molecule has 0 saturated carbocycles. The third kappa shape index (κ3) is 2.30. The summed E-state index contributed by atoms with van der Waals surface area (Å²) in [6, 6.07) is 3.52. The summed E-state index contributed by atoms with van der Waals surface area (Å²) in [5.41, 5.74) is 6.17. The van der Waals surface area contributed by atoms with Crippen LogP contribution < -0.4 is 5.73 Å². The summed E-state index contributed by atoms with van der Waals surface area (Å²) in [5, 5.41) is 0. The number of hydrogen-bond donors (Lipinski definition) is 2. The molecule has 3 N–H and O–H groups in total. The van der Waals surface area contributed by atoms with Gasteiger partial charge in [0, 0.05) is 31.9 Å². The first-order chi connectivity index (χ1) is 5.70. The summed E-state index contributed by atoms with van der Waals surface area (Å²) >= 11 is 0. The average molecular weight is 167 g/mol. The van der Waals surface area contributed by atoms with Crippen LogP contribution in [0.25, 0.3) is 0 Å². The Hall–Kier alpha value is -1.45. The Kier molecular flexibility index (Phi) is 2.74. The SMILES string of the molecule is CN(CCc1ccc[nH]1)C(N)=O. The number of likely N-dealkylation sites (N-methyl/N-ethyl adjacent to an activating group) is 1. The van der Waals surface area contributed by atoms with E-state index in [-0.39, 0.29) is 6.03 Å². The van der Waals surface area contributed by atoms with Gasteiger partial charge in [0.15, 0.2) is 0 Å². The predicted octanol–water partition coefficient (Wildman–Crippen LogP) is 0.568. The third-order valence-corrected chi connectivity index (χ3v) is 1.76. The van der Waals surface area contributed by atoms with Gasteiger partial charge in [-0.1, -0.05) is 0 Å². The van der Waals surface area contributed by atoms with Crippen molar-refractivity contribution in [1.82, 2.24) is 9.88 Å². The molecule has 0 atom stereocenters. The molecule has 0 spiro atoms. The van der Waals surface area contributed by atoms with E-state index in [1.807, 2.05) is 18.3 Å². The van der Waals surface area contributed by atoms with Crippen LogP contribution in [0, 0.1) is 0 Å². The van der Waals surface area contributed by atoms with E-state index in [9.17, 15) is 4.79 Å². The highest BCUT2D eigenvalue weighted by molar-refractivity contribution is 5.71. The fourth-order valence-corrected chi connectivity index (χ4v) is 0.921. The minimum absolute atomic E-state index is 0.387. The Morgan fingerprint density at radius 1 is 1.75 bits per heavy atom. The number of carbonyl (C=O) groups excluding carboxylic acids is 1. The average Bonchev–Trinajstić information content (AvgIpc) is 2.51. The van der Waals surface area contributed by atoms with Gasteiger partial charge >= 0.3 is 6.03 Å². The van der Waals surface area contributed by atoms with E-state index in [1.165, 1.54) is 4.90 Å². The van der Waals surface area contributed by atoms with Crippen molar-refractivity contribution in [2.75, 3.05) is 13.6 Å². The van der Waals surface area contributed by atoms with Gasteiger partial charge in [0.1, 0.15) is 0 Å². The maximum absolute atomic E-state index is 10.6. The van der Waals surface area contributed by atoms with Crippen LogP contribution in [0.1, 0.15) is 5.69 Å².